The Labute approximate surface area is 212 Å². The van der Waals surface area contributed by atoms with Crippen LogP contribution in [-0.2, 0) is 11.2 Å². The van der Waals surface area contributed by atoms with Gasteiger partial charge in [-0.05, 0) is 72.1 Å². The Balaban J connectivity index is 1.87. The van der Waals surface area contributed by atoms with Gasteiger partial charge in [0.2, 0.25) is 5.91 Å². The molecule has 0 radical (unpaired) electrons. The van der Waals surface area contributed by atoms with Crippen molar-refractivity contribution in [3.05, 3.63) is 95.0 Å². The third-order valence-electron chi connectivity index (χ3n) is 6.25. The fourth-order valence-electron chi connectivity index (χ4n) is 4.49. The Morgan fingerprint density at radius 3 is 2.40 bits per heavy atom. The van der Waals surface area contributed by atoms with E-state index in [0.717, 1.165) is 28.1 Å². The lowest BCUT2D eigenvalue weighted by molar-refractivity contribution is -0.118. The number of benzene rings is 3. The van der Waals surface area contributed by atoms with E-state index in [2.05, 4.69) is 6.58 Å². The second-order valence-electron chi connectivity index (χ2n) is 8.96. The van der Waals surface area contributed by atoms with Gasteiger partial charge in [-0.1, -0.05) is 29.8 Å². The van der Waals surface area contributed by atoms with Gasteiger partial charge in [-0.2, -0.15) is 0 Å². The molecule has 0 N–H and O–H groups in total. The van der Waals surface area contributed by atoms with Crippen LogP contribution in [0.3, 0.4) is 0 Å². The molecule has 0 aliphatic carbocycles. The van der Waals surface area contributed by atoms with E-state index < -0.39 is 0 Å². The predicted molar refractivity (Wildman–Crippen MR) is 143 cm³/mol. The average molecular weight is 491 g/mol. The van der Waals surface area contributed by atoms with E-state index in [1.54, 1.807) is 7.11 Å². The number of anilines is 2. The number of fused-ring (bicyclic) bond motifs is 1. The quantitative estimate of drug-likeness (QED) is 0.341. The van der Waals surface area contributed by atoms with Crippen LogP contribution in [0.2, 0.25) is 5.02 Å². The third-order valence-corrected chi connectivity index (χ3v) is 6.50. The summed E-state index contributed by atoms with van der Waals surface area (Å²) in [4.78, 5) is 17.5. The number of hydrogen-bond donors (Lipinski definition) is 0. The van der Waals surface area contributed by atoms with Crippen molar-refractivity contribution in [2.45, 2.75) is 31.9 Å². The van der Waals surface area contributed by atoms with Gasteiger partial charge in [0.1, 0.15) is 0 Å². The van der Waals surface area contributed by atoms with Gasteiger partial charge in [0.15, 0.2) is 11.5 Å². The molecular formula is C29H31ClN2O3. The molecule has 182 valence electrons. The van der Waals surface area contributed by atoms with Crippen molar-refractivity contribution < 1.29 is 14.3 Å². The van der Waals surface area contributed by atoms with E-state index in [4.69, 9.17) is 21.1 Å². The number of amides is 1. The second-order valence-corrected chi connectivity index (χ2v) is 9.40. The molecule has 35 heavy (non-hydrogen) atoms. The maximum atomic E-state index is 13.6. The van der Waals surface area contributed by atoms with Gasteiger partial charge in [0.25, 0.3) is 0 Å². The summed E-state index contributed by atoms with van der Waals surface area (Å²) in [6.07, 6.45) is 2.76. The molecule has 0 fully saturated rings. The van der Waals surface area contributed by atoms with Gasteiger partial charge in [0, 0.05) is 36.9 Å². The number of carbonyl (C=O) groups excluding carboxylic acids is 1. The lowest BCUT2D eigenvalue weighted by Gasteiger charge is -2.38. The summed E-state index contributed by atoms with van der Waals surface area (Å²) >= 11 is 6.20. The van der Waals surface area contributed by atoms with Gasteiger partial charge in [-0.3, -0.25) is 4.79 Å². The predicted octanol–water partition coefficient (Wildman–Crippen LogP) is 6.44. The highest BCUT2D eigenvalue weighted by Gasteiger charge is 2.36. The zero-order chi connectivity index (χ0) is 25.1. The van der Waals surface area contributed by atoms with Crippen molar-refractivity contribution in [3.63, 3.8) is 0 Å². The summed E-state index contributed by atoms with van der Waals surface area (Å²) in [5.41, 5.74) is 4.81. The third kappa shape index (κ3) is 5.15. The largest absolute Gasteiger partial charge is 0.493 e. The monoisotopic (exact) mass is 490 g/mol. The second kappa shape index (κ2) is 10.4. The molecule has 2 atom stereocenters. The lowest BCUT2D eigenvalue weighted by atomic mass is 9.86. The molecule has 3 aromatic carbocycles. The normalized spacial score (nSPS) is 15.9. The molecule has 2 unspecified atom stereocenters. The Kier molecular flexibility index (Phi) is 7.37. The maximum absolute atomic E-state index is 13.6. The van der Waals surface area contributed by atoms with E-state index in [1.807, 2.05) is 97.6 Å². The highest BCUT2D eigenvalue weighted by atomic mass is 35.5. The number of rotatable bonds is 8. The van der Waals surface area contributed by atoms with Crippen LogP contribution in [0.15, 0.2) is 73.3 Å². The first kappa shape index (κ1) is 24.7. The number of hydrogen-bond acceptors (Lipinski definition) is 4. The minimum absolute atomic E-state index is 0.0193. The molecule has 3 aromatic rings. The number of halogens is 1. The molecule has 0 aromatic heterocycles. The van der Waals surface area contributed by atoms with Crippen LogP contribution in [0, 0.1) is 0 Å². The zero-order valence-corrected chi connectivity index (χ0v) is 21.4. The molecule has 0 saturated carbocycles. The number of methoxy groups -OCH3 is 1. The van der Waals surface area contributed by atoms with Crippen LogP contribution in [0.5, 0.6) is 11.5 Å². The number of carbonyl (C=O) groups is 1. The highest BCUT2D eigenvalue weighted by Crippen LogP contribution is 2.44. The van der Waals surface area contributed by atoms with Gasteiger partial charge in [-0.25, -0.2) is 0 Å². The van der Waals surface area contributed by atoms with E-state index in [-0.39, 0.29) is 24.5 Å². The molecule has 1 amide bonds. The molecule has 0 spiro atoms. The fraction of sp³-hybridized carbons (Fsp3) is 0.276. The van der Waals surface area contributed by atoms with Crippen LogP contribution < -0.4 is 19.3 Å². The summed E-state index contributed by atoms with van der Waals surface area (Å²) in [5, 5.41) is 0.648. The Hall–Kier alpha value is -3.44. The minimum Gasteiger partial charge on any atom is -0.493 e. The van der Waals surface area contributed by atoms with E-state index >= 15 is 0 Å². The SMILES string of the molecule is C=CCC(C)Oc1cc2c(cc1OC)CC(=O)N(c1ccc(N(C)C)cc1)C2c1ccc(Cl)cc1. The first-order valence-electron chi connectivity index (χ1n) is 11.7. The summed E-state index contributed by atoms with van der Waals surface area (Å²) in [6, 6.07) is 19.3. The smallest absolute Gasteiger partial charge is 0.232 e. The topological polar surface area (TPSA) is 42.0 Å². The van der Waals surface area contributed by atoms with Crippen LogP contribution in [0.1, 0.15) is 36.1 Å². The van der Waals surface area contributed by atoms with Crippen LogP contribution in [0.25, 0.3) is 0 Å². The molecule has 1 aliphatic heterocycles. The highest BCUT2D eigenvalue weighted by molar-refractivity contribution is 6.30. The fourth-order valence-corrected chi connectivity index (χ4v) is 4.61. The summed E-state index contributed by atoms with van der Waals surface area (Å²) in [6.45, 7) is 5.81. The van der Waals surface area contributed by atoms with Gasteiger partial charge in [0.05, 0.1) is 25.7 Å². The van der Waals surface area contributed by atoms with Crippen molar-refractivity contribution in [1.82, 2.24) is 0 Å². The lowest BCUT2D eigenvalue weighted by Crippen LogP contribution is -2.41. The molecule has 0 bridgehead atoms. The van der Waals surface area contributed by atoms with Crippen LogP contribution in [0.4, 0.5) is 11.4 Å². The van der Waals surface area contributed by atoms with E-state index in [1.165, 1.54) is 0 Å². The molecule has 0 saturated heterocycles. The van der Waals surface area contributed by atoms with Crippen molar-refractivity contribution in [1.29, 1.82) is 0 Å². The average Bonchev–Trinajstić information content (AvgIpc) is 2.84. The van der Waals surface area contributed by atoms with E-state index in [9.17, 15) is 4.79 Å². The van der Waals surface area contributed by atoms with Gasteiger partial charge < -0.3 is 19.3 Å². The molecular weight excluding hydrogens is 460 g/mol. The van der Waals surface area contributed by atoms with Crippen molar-refractivity contribution in [2.24, 2.45) is 0 Å². The van der Waals surface area contributed by atoms with Crippen LogP contribution >= 0.6 is 11.6 Å². The van der Waals surface area contributed by atoms with Gasteiger partial charge >= 0.3 is 0 Å². The Morgan fingerprint density at radius 2 is 1.80 bits per heavy atom. The van der Waals surface area contributed by atoms with Crippen molar-refractivity contribution in [2.75, 3.05) is 31.0 Å². The standard InChI is InChI=1S/C29H31ClN2O3/c1-6-7-19(2)35-27-18-25-21(16-26(27)34-5)17-28(33)32(24-14-12-23(13-15-24)31(3)4)29(25)20-8-10-22(30)11-9-20/h6,8-16,18-19,29H,1,7,17H2,2-5H3. The Bertz CT molecular complexity index is 1210. The van der Waals surface area contributed by atoms with Crippen molar-refractivity contribution >= 4 is 28.9 Å². The van der Waals surface area contributed by atoms with Gasteiger partial charge in [-0.15, -0.1) is 6.58 Å². The first-order chi connectivity index (χ1) is 16.8. The summed E-state index contributed by atoms with van der Waals surface area (Å²) in [5.74, 6) is 1.29. The molecule has 1 aliphatic rings. The van der Waals surface area contributed by atoms with E-state index in [0.29, 0.717) is 22.9 Å². The van der Waals surface area contributed by atoms with Crippen molar-refractivity contribution in [3.8, 4) is 11.5 Å². The molecule has 1 heterocycles. The molecule has 5 nitrogen and oxygen atoms in total. The first-order valence-corrected chi connectivity index (χ1v) is 12.0. The molecule has 4 rings (SSSR count). The Morgan fingerprint density at radius 1 is 1.11 bits per heavy atom. The number of ether oxygens (including phenoxy) is 2. The number of nitrogens with zero attached hydrogens (tertiary/aromatic N) is 2. The maximum Gasteiger partial charge on any atom is 0.232 e. The molecule has 6 heteroatoms. The summed E-state index contributed by atoms with van der Waals surface area (Å²) < 4.78 is 11.9. The minimum atomic E-state index is -0.336. The zero-order valence-electron chi connectivity index (χ0n) is 20.6. The summed E-state index contributed by atoms with van der Waals surface area (Å²) in [7, 11) is 5.61. The van der Waals surface area contributed by atoms with Crippen LogP contribution in [-0.4, -0.2) is 33.2 Å².